The first-order chi connectivity index (χ1) is 16.7. The number of hydrogen-bond donors (Lipinski definition) is 2. The molecule has 190 valence electrons. The largest absolute Gasteiger partial charge is 0.491 e. The molecule has 0 saturated carbocycles. The molecule has 4 rings (SSSR count). The molecule has 1 aliphatic heterocycles. The number of rotatable bonds is 8. The van der Waals surface area contributed by atoms with Gasteiger partial charge in [-0.2, -0.15) is 0 Å². The third-order valence-electron chi connectivity index (χ3n) is 6.71. The van der Waals surface area contributed by atoms with E-state index in [0.29, 0.717) is 12.2 Å². The normalized spacial score (nSPS) is 21.7. The van der Waals surface area contributed by atoms with Crippen molar-refractivity contribution in [3.05, 3.63) is 64.7 Å². The topological polar surface area (TPSA) is 76.7 Å². The molecule has 1 unspecified atom stereocenters. The van der Waals surface area contributed by atoms with Crippen LogP contribution in [0.3, 0.4) is 0 Å². The first-order valence-electron chi connectivity index (χ1n) is 12.6. The standard InChI is InChI=1S/C28H38N2O4S/c1-19(30-35(32)28(2,3)4)21-7-8-23-17-24(12-9-22(23)16-21)29-27(31)20-10-13-25(14-11-20)34-18-26-6-5-15-33-26/h7-8,10-11,13-14,16,19,24,26,30H,5-6,9,12,15,17-18H2,1-4H3,(H,29,31)/t19-,24-,26-,35?/m0/s1. The summed E-state index contributed by atoms with van der Waals surface area (Å²) in [6.07, 6.45) is 4.95. The monoisotopic (exact) mass is 498 g/mol. The molecule has 2 aliphatic rings. The summed E-state index contributed by atoms with van der Waals surface area (Å²) in [5.41, 5.74) is 4.37. The van der Waals surface area contributed by atoms with Crippen molar-refractivity contribution in [2.45, 2.75) is 82.7 Å². The van der Waals surface area contributed by atoms with E-state index >= 15 is 0 Å². The van der Waals surface area contributed by atoms with Gasteiger partial charge in [0.25, 0.3) is 5.91 Å². The van der Waals surface area contributed by atoms with Crippen molar-refractivity contribution in [2.24, 2.45) is 0 Å². The molecule has 35 heavy (non-hydrogen) atoms. The van der Waals surface area contributed by atoms with Gasteiger partial charge in [0.15, 0.2) is 0 Å². The van der Waals surface area contributed by atoms with Gasteiger partial charge in [0, 0.05) is 24.3 Å². The van der Waals surface area contributed by atoms with Crippen LogP contribution in [-0.2, 0) is 28.6 Å². The third kappa shape index (κ3) is 6.93. The highest BCUT2D eigenvalue weighted by Gasteiger charge is 2.24. The highest BCUT2D eigenvalue weighted by molar-refractivity contribution is 7.84. The van der Waals surface area contributed by atoms with Gasteiger partial charge in [-0.15, -0.1) is 0 Å². The average Bonchev–Trinajstić information content (AvgIpc) is 3.36. The molecule has 0 bridgehead atoms. The van der Waals surface area contributed by atoms with Crippen LogP contribution in [0.2, 0.25) is 0 Å². The van der Waals surface area contributed by atoms with Gasteiger partial charge in [-0.1, -0.05) is 18.2 Å². The molecule has 2 N–H and O–H groups in total. The lowest BCUT2D eigenvalue weighted by molar-refractivity contribution is 0.0679. The maximum absolute atomic E-state index is 12.8. The Labute approximate surface area is 211 Å². The highest BCUT2D eigenvalue weighted by atomic mass is 32.2. The molecule has 0 aromatic heterocycles. The van der Waals surface area contributed by atoms with Gasteiger partial charge in [0.05, 0.1) is 21.8 Å². The zero-order valence-corrected chi connectivity index (χ0v) is 22.1. The van der Waals surface area contributed by atoms with Crippen LogP contribution in [0, 0.1) is 0 Å². The molecule has 2 aromatic carbocycles. The lowest BCUT2D eigenvalue weighted by Crippen LogP contribution is -2.39. The maximum atomic E-state index is 12.8. The van der Waals surface area contributed by atoms with Gasteiger partial charge < -0.3 is 14.8 Å². The summed E-state index contributed by atoms with van der Waals surface area (Å²) in [5, 5.41) is 3.20. The highest BCUT2D eigenvalue weighted by Crippen LogP contribution is 2.26. The number of ether oxygens (including phenoxy) is 2. The van der Waals surface area contributed by atoms with Crippen LogP contribution in [-0.4, -0.2) is 40.2 Å². The van der Waals surface area contributed by atoms with Crippen LogP contribution in [0.4, 0.5) is 0 Å². The Kier molecular flexibility index (Phi) is 8.30. The first kappa shape index (κ1) is 25.9. The van der Waals surface area contributed by atoms with E-state index in [-0.39, 0.29) is 28.8 Å². The molecule has 0 spiro atoms. The minimum absolute atomic E-state index is 0.00965. The van der Waals surface area contributed by atoms with Gasteiger partial charge in [-0.05, 0) is 101 Å². The van der Waals surface area contributed by atoms with Crippen LogP contribution >= 0.6 is 0 Å². The van der Waals surface area contributed by atoms with Crippen molar-refractivity contribution >= 4 is 16.9 Å². The van der Waals surface area contributed by atoms with Crippen molar-refractivity contribution in [3.8, 4) is 5.75 Å². The van der Waals surface area contributed by atoms with Crippen LogP contribution in [0.15, 0.2) is 42.5 Å². The number of amides is 1. The van der Waals surface area contributed by atoms with Crippen molar-refractivity contribution in [1.29, 1.82) is 0 Å². The van der Waals surface area contributed by atoms with Crippen molar-refractivity contribution in [2.75, 3.05) is 13.2 Å². The number of fused-ring (bicyclic) bond motifs is 1. The SMILES string of the molecule is C[C@H](NS(=O)C(C)(C)C)c1ccc2c(c1)CC[C@H](NC(=O)c1ccc(OC[C@@H]3CCCO3)cc1)C2. The van der Waals surface area contributed by atoms with Crippen LogP contribution in [0.1, 0.15) is 80.0 Å². The lowest BCUT2D eigenvalue weighted by atomic mass is 9.86. The fourth-order valence-electron chi connectivity index (χ4n) is 4.51. The number of benzene rings is 2. The van der Waals surface area contributed by atoms with Crippen LogP contribution in [0.25, 0.3) is 0 Å². The minimum Gasteiger partial charge on any atom is -0.491 e. The summed E-state index contributed by atoms with van der Waals surface area (Å²) >= 11 is 0. The molecule has 1 saturated heterocycles. The number of hydrogen-bond acceptors (Lipinski definition) is 4. The molecule has 7 heteroatoms. The summed E-state index contributed by atoms with van der Waals surface area (Å²) < 4.78 is 26.8. The van der Waals surface area contributed by atoms with Gasteiger partial charge in [0.2, 0.25) is 0 Å². The molecule has 1 amide bonds. The quantitative estimate of drug-likeness (QED) is 0.556. The summed E-state index contributed by atoms with van der Waals surface area (Å²) in [6, 6.07) is 13.9. The van der Waals surface area contributed by atoms with Gasteiger partial charge in [-0.25, -0.2) is 8.93 Å². The van der Waals surface area contributed by atoms with E-state index in [9.17, 15) is 9.00 Å². The molecule has 2 aromatic rings. The first-order valence-corrected chi connectivity index (χ1v) is 13.8. The molecular formula is C28H38N2O4S. The second-order valence-corrected chi connectivity index (χ2v) is 12.6. The number of carbonyl (C=O) groups excluding carboxylic acids is 1. The molecule has 1 fully saturated rings. The predicted molar refractivity (Wildman–Crippen MR) is 140 cm³/mol. The fourth-order valence-corrected chi connectivity index (χ4v) is 5.32. The maximum Gasteiger partial charge on any atom is 0.251 e. The number of nitrogens with one attached hydrogen (secondary N) is 2. The Morgan fingerprint density at radius 2 is 1.91 bits per heavy atom. The Balaban J connectivity index is 1.29. The van der Waals surface area contributed by atoms with E-state index in [4.69, 9.17) is 9.47 Å². The lowest BCUT2D eigenvalue weighted by Gasteiger charge is -2.27. The zero-order chi connectivity index (χ0) is 25.0. The van der Waals surface area contributed by atoms with Crippen LogP contribution in [0.5, 0.6) is 5.75 Å². The Hall–Kier alpha value is -2.22. The summed E-state index contributed by atoms with van der Waals surface area (Å²) in [6.45, 7) is 9.33. The molecule has 1 aliphatic carbocycles. The Bertz CT molecular complexity index is 1040. The zero-order valence-electron chi connectivity index (χ0n) is 21.3. The second-order valence-electron chi connectivity index (χ2n) is 10.6. The van der Waals surface area contributed by atoms with Crippen LogP contribution < -0.4 is 14.8 Å². The van der Waals surface area contributed by atoms with Gasteiger partial charge >= 0.3 is 0 Å². The predicted octanol–water partition coefficient (Wildman–Crippen LogP) is 4.64. The van der Waals surface area contributed by atoms with E-state index in [1.165, 1.54) is 11.1 Å². The molecule has 1 heterocycles. The molecule has 0 radical (unpaired) electrons. The van der Waals surface area contributed by atoms with Crippen molar-refractivity contribution < 1.29 is 18.5 Å². The van der Waals surface area contributed by atoms with Gasteiger partial charge in [0.1, 0.15) is 12.4 Å². The van der Waals surface area contributed by atoms with E-state index in [1.807, 2.05) is 45.0 Å². The van der Waals surface area contributed by atoms with Crippen molar-refractivity contribution in [3.63, 3.8) is 0 Å². The summed E-state index contributed by atoms with van der Waals surface area (Å²) in [5.74, 6) is 0.706. The number of carbonyl (C=O) groups is 1. The Morgan fingerprint density at radius 3 is 2.60 bits per heavy atom. The van der Waals surface area contributed by atoms with E-state index in [1.54, 1.807) is 0 Å². The minimum atomic E-state index is -1.12. The van der Waals surface area contributed by atoms with Crippen molar-refractivity contribution in [1.82, 2.24) is 10.0 Å². The number of aryl methyl sites for hydroxylation is 1. The molecular weight excluding hydrogens is 460 g/mol. The smallest absolute Gasteiger partial charge is 0.251 e. The Morgan fingerprint density at radius 1 is 1.14 bits per heavy atom. The van der Waals surface area contributed by atoms with E-state index in [0.717, 1.165) is 50.0 Å². The van der Waals surface area contributed by atoms with Gasteiger partial charge in [-0.3, -0.25) is 4.79 Å². The van der Waals surface area contributed by atoms with E-state index in [2.05, 4.69) is 35.2 Å². The summed E-state index contributed by atoms with van der Waals surface area (Å²) in [7, 11) is -1.12. The average molecular weight is 499 g/mol. The molecule has 6 nitrogen and oxygen atoms in total. The van der Waals surface area contributed by atoms with E-state index < -0.39 is 11.0 Å². The molecule has 4 atom stereocenters. The fraction of sp³-hybridized carbons (Fsp3) is 0.536. The second kappa shape index (κ2) is 11.2. The third-order valence-corrected chi connectivity index (χ3v) is 8.39. The summed E-state index contributed by atoms with van der Waals surface area (Å²) in [4.78, 5) is 12.8.